The van der Waals surface area contributed by atoms with E-state index in [9.17, 15) is 9.59 Å². The van der Waals surface area contributed by atoms with Gasteiger partial charge in [0.2, 0.25) is 5.91 Å². The van der Waals surface area contributed by atoms with E-state index in [1.54, 1.807) is 29.2 Å². The van der Waals surface area contributed by atoms with Gasteiger partial charge in [-0.3, -0.25) is 9.59 Å². The largest absolute Gasteiger partial charge is 0.343 e. The molecule has 0 atom stereocenters. The van der Waals surface area contributed by atoms with Crippen LogP contribution >= 0.6 is 11.6 Å². The fourth-order valence-corrected chi connectivity index (χ4v) is 2.09. The number of carbonyl (C=O) groups excluding carboxylic acids is 2. The van der Waals surface area contributed by atoms with Gasteiger partial charge in [0, 0.05) is 23.7 Å². The Kier molecular flexibility index (Phi) is 7.09. The summed E-state index contributed by atoms with van der Waals surface area (Å²) in [5.41, 5.74) is 0.461. The smallest absolute Gasteiger partial charge is 0.251 e. The van der Waals surface area contributed by atoms with Crippen molar-refractivity contribution in [3.05, 3.63) is 34.9 Å². The van der Waals surface area contributed by atoms with Crippen LogP contribution < -0.4 is 5.32 Å². The monoisotopic (exact) mass is 296 g/mol. The van der Waals surface area contributed by atoms with Gasteiger partial charge < -0.3 is 10.2 Å². The zero-order valence-electron chi connectivity index (χ0n) is 12.0. The minimum absolute atomic E-state index is 0.0192. The van der Waals surface area contributed by atoms with Gasteiger partial charge >= 0.3 is 0 Å². The number of halogens is 1. The molecule has 0 bridgehead atoms. The highest BCUT2D eigenvalue weighted by molar-refractivity contribution is 6.30. The fraction of sp³-hybridized carbons (Fsp3) is 0.467. The van der Waals surface area contributed by atoms with Gasteiger partial charge in [-0.25, -0.2) is 0 Å². The van der Waals surface area contributed by atoms with Gasteiger partial charge in [0.25, 0.3) is 5.91 Å². The molecule has 0 radical (unpaired) electrons. The molecular weight excluding hydrogens is 276 g/mol. The normalized spacial score (nSPS) is 10.2. The molecular formula is C15H21ClN2O2. The maximum Gasteiger partial charge on any atom is 0.251 e. The first kappa shape index (κ1) is 16.5. The molecule has 0 aromatic heterocycles. The van der Waals surface area contributed by atoms with Gasteiger partial charge in [0.05, 0.1) is 6.54 Å². The summed E-state index contributed by atoms with van der Waals surface area (Å²) in [6.45, 7) is 5.52. The van der Waals surface area contributed by atoms with E-state index in [0.717, 1.165) is 25.9 Å². The number of amides is 2. The number of nitrogens with one attached hydrogen (secondary N) is 1. The van der Waals surface area contributed by atoms with Crippen LogP contribution in [-0.2, 0) is 4.79 Å². The van der Waals surface area contributed by atoms with Crippen LogP contribution in [0.5, 0.6) is 0 Å². The van der Waals surface area contributed by atoms with Crippen LogP contribution in [0.25, 0.3) is 0 Å². The van der Waals surface area contributed by atoms with Crippen LogP contribution in [0.1, 0.15) is 37.0 Å². The molecule has 4 nitrogen and oxygen atoms in total. The number of carbonyl (C=O) groups is 2. The van der Waals surface area contributed by atoms with E-state index < -0.39 is 0 Å². The Morgan fingerprint density at radius 1 is 1.20 bits per heavy atom. The molecule has 0 aliphatic carbocycles. The van der Waals surface area contributed by atoms with Crippen molar-refractivity contribution in [2.24, 2.45) is 0 Å². The van der Waals surface area contributed by atoms with E-state index >= 15 is 0 Å². The lowest BCUT2D eigenvalue weighted by atomic mass is 10.2. The van der Waals surface area contributed by atoms with Crippen LogP contribution in [-0.4, -0.2) is 36.3 Å². The Balaban J connectivity index is 2.53. The number of nitrogens with zero attached hydrogens (tertiary/aromatic N) is 1. The predicted octanol–water partition coefficient (Wildman–Crippen LogP) is 2.72. The lowest BCUT2D eigenvalue weighted by Gasteiger charge is -2.21. The predicted molar refractivity (Wildman–Crippen MR) is 80.9 cm³/mol. The van der Waals surface area contributed by atoms with Crippen LogP contribution in [0.15, 0.2) is 24.3 Å². The summed E-state index contributed by atoms with van der Waals surface area (Å²) < 4.78 is 0. The molecule has 0 fully saturated rings. The van der Waals surface area contributed by atoms with Crippen LogP contribution in [0.4, 0.5) is 0 Å². The molecule has 1 aromatic rings. The molecule has 2 amide bonds. The maximum absolute atomic E-state index is 12.0. The molecule has 0 unspecified atom stereocenters. The highest BCUT2D eigenvalue weighted by atomic mass is 35.5. The fourth-order valence-electron chi connectivity index (χ4n) is 1.90. The quantitative estimate of drug-likeness (QED) is 0.841. The molecule has 0 saturated carbocycles. The van der Waals surface area contributed by atoms with Crippen LogP contribution in [0, 0.1) is 0 Å². The molecule has 0 heterocycles. The van der Waals surface area contributed by atoms with E-state index in [-0.39, 0.29) is 18.4 Å². The third-order valence-electron chi connectivity index (χ3n) is 2.83. The van der Waals surface area contributed by atoms with Crippen molar-refractivity contribution in [3.63, 3.8) is 0 Å². The number of hydrogen-bond acceptors (Lipinski definition) is 2. The van der Waals surface area contributed by atoms with Crippen molar-refractivity contribution in [2.45, 2.75) is 26.7 Å². The van der Waals surface area contributed by atoms with E-state index in [1.807, 2.05) is 13.8 Å². The van der Waals surface area contributed by atoms with Crippen molar-refractivity contribution in [2.75, 3.05) is 19.6 Å². The van der Waals surface area contributed by atoms with Gasteiger partial charge in [-0.2, -0.15) is 0 Å². The van der Waals surface area contributed by atoms with Gasteiger partial charge in [-0.1, -0.05) is 31.5 Å². The molecule has 20 heavy (non-hydrogen) atoms. The molecule has 5 heteroatoms. The molecule has 1 rings (SSSR count). The zero-order chi connectivity index (χ0) is 15.0. The van der Waals surface area contributed by atoms with Crippen LogP contribution in [0.3, 0.4) is 0 Å². The third kappa shape index (κ3) is 5.21. The van der Waals surface area contributed by atoms with Gasteiger partial charge in [0.15, 0.2) is 0 Å². The number of hydrogen-bond donors (Lipinski definition) is 1. The standard InChI is InChI=1S/C15H21ClN2O2/c1-3-8-18(9-4-2)14(19)11-17-15(20)12-6-5-7-13(16)10-12/h5-7,10H,3-4,8-9,11H2,1-2H3,(H,17,20). The van der Waals surface area contributed by atoms with Crippen molar-refractivity contribution >= 4 is 23.4 Å². The topological polar surface area (TPSA) is 49.4 Å². The third-order valence-corrected chi connectivity index (χ3v) is 3.06. The van der Waals surface area contributed by atoms with Gasteiger partial charge in [0.1, 0.15) is 0 Å². The molecule has 0 saturated heterocycles. The van der Waals surface area contributed by atoms with E-state index in [1.165, 1.54) is 0 Å². The molecule has 110 valence electrons. The van der Waals surface area contributed by atoms with Crippen molar-refractivity contribution < 1.29 is 9.59 Å². The van der Waals surface area contributed by atoms with Gasteiger partial charge in [-0.15, -0.1) is 0 Å². The Bertz CT molecular complexity index is 457. The number of benzene rings is 1. The first-order chi connectivity index (χ1) is 9.58. The minimum Gasteiger partial charge on any atom is -0.343 e. The van der Waals surface area contributed by atoms with Crippen molar-refractivity contribution in [1.82, 2.24) is 10.2 Å². The SMILES string of the molecule is CCCN(CCC)C(=O)CNC(=O)c1cccc(Cl)c1. The second-order valence-corrected chi connectivity index (χ2v) is 5.01. The Hall–Kier alpha value is -1.55. The van der Waals surface area contributed by atoms with Gasteiger partial charge in [-0.05, 0) is 31.0 Å². The lowest BCUT2D eigenvalue weighted by molar-refractivity contribution is -0.130. The zero-order valence-corrected chi connectivity index (χ0v) is 12.7. The summed E-state index contributed by atoms with van der Waals surface area (Å²) in [5.74, 6) is -0.335. The summed E-state index contributed by atoms with van der Waals surface area (Å²) in [4.78, 5) is 25.7. The van der Waals surface area contributed by atoms with E-state index in [4.69, 9.17) is 11.6 Å². The average Bonchev–Trinajstić information content (AvgIpc) is 2.44. The molecule has 0 aliphatic rings. The highest BCUT2D eigenvalue weighted by Crippen LogP contribution is 2.10. The Morgan fingerprint density at radius 3 is 2.40 bits per heavy atom. The maximum atomic E-state index is 12.0. The van der Waals surface area contributed by atoms with Crippen molar-refractivity contribution in [1.29, 1.82) is 0 Å². The molecule has 0 aliphatic heterocycles. The summed E-state index contributed by atoms with van der Waals surface area (Å²) in [7, 11) is 0. The van der Waals surface area contributed by atoms with Crippen molar-refractivity contribution in [3.8, 4) is 0 Å². The summed E-state index contributed by atoms with van der Waals surface area (Å²) in [6.07, 6.45) is 1.82. The number of rotatable bonds is 7. The minimum atomic E-state index is -0.284. The second kappa shape index (κ2) is 8.59. The highest BCUT2D eigenvalue weighted by Gasteiger charge is 2.13. The van der Waals surface area contributed by atoms with E-state index in [2.05, 4.69) is 5.32 Å². The van der Waals surface area contributed by atoms with E-state index in [0.29, 0.717) is 10.6 Å². The average molecular weight is 297 g/mol. The Labute approximate surface area is 125 Å². The summed E-state index contributed by atoms with van der Waals surface area (Å²) in [5, 5.41) is 3.14. The molecule has 1 aromatic carbocycles. The second-order valence-electron chi connectivity index (χ2n) is 4.57. The molecule has 0 spiro atoms. The summed E-state index contributed by atoms with van der Waals surface area (Å²) >= 11 is 5.83. The molecule has 1 N–H and O–H groups in total. The summed E-state index contributed by atoms with van der Waals surface area (Å²) in [6, 6.07) is 6.66. The lowest BCUT2D eigenvalue weighted by Crippen LogP contribution is -2.40. The Morgan fingerprint density at radius 2 is 1.85 bits per heavy atom. The first-order valence-electron chi connectivity index (χ1n) is 6.90. The van der Waals surface area contributed by atoms with Crippen LogP contribution in [0.2, 0.25) is 5.02 Å². The first-order valence-corrected chi connectivity index (χ1v) is 7.27.